The molecule has 1 aliphatic rings. The van der Waals surface area contributed by atoms with Crippen LogP contribution in [-0.4, -0.2) is 107 Å². The van der Waals surface area contributed by atoms with E-state index in [0.717, 1.165) is 57.8 Å². The second kappa shape index (κ2) is 42.4. The van der Waals surface area contributed by atoms with E-state index >= 15 is 0 Å². The summed E-state index contributed by atoms with van der Waals surface area (Å²) in [6, 6.07) is -1.12. The topological polar surface area (TPSA) is 212 Å². The number of ether oxygens (including phenoxy) is 2. The summed E-state index contributed by atoms with van der Waals surface area (Å²) in [5.74, 6) is -0.704. The van der Waals surface area contributed by atoms with Gasteiger partial charge in [-0.05, 0) is 44.9 Å². The molecule has 13 nitrogen and oxygen atoms in total. The van der Waals surface area contributed by atoms with Crippen LogP contribution in [0.2, 0.25) is 0 Å². The molecule has 8 unspecified atom stereocenters. The van der Waals surface area contributed by atoms with Crippen LogP contribution in [0.3, 0.4) is 0 Å². The third-order valence-corrected chi connectivity index (χ3v) is 13.3. The van der Waals surface area contributed by atoms with Gasteiger partial charge in [0.05, 0.1) is 25.4 Å². The number of unbranched alkanes of at least 4 members (excludes halogenated alkanes) is 31. The Hall–Kier alpha value is -1.46. The minimum absolute atomic E-state index is 0.238. The fourth-order valence-corrected chi connectivity index (χ4v) is 9.08. The van der Waals surface area contributed by atoms with Crippen molar-refractivity contribution < 1.29 is 57.0 Å². The highest BCUT2D eigenvalue weighted by Gasteiger charge is 2.48. The Bertz CT molecular complexity index is 1290. The van der Waals surface area contributed by atoms with Gasteiger partial charge in [0.1, 0.15) is 30.5 Å². The van der Waals surface area contributed by atoms with Gasteiger partial charge in [0.15, 0.2) is 6.29 Å². The number of rotatable bonds is 46. The summed E-state index contributed by atoms with van der Waals surface area (Å²) >= 11 is 0. The van der Waals surface area contributed by atoms with Crippen molar-refractivity contribution in [3.63, 3.8) is 0 Å². The fourth-order valence-electron chi connectivity index (χ4n) is 8.57. The van der Waals surface area contributed by atoms with E-state index in [0.29, 0.717) is 12.8 Å². The smallest absolute Gasteiger partial charge is 0.394 e. The lowest BCUT2D eigenvalue weighted by Gasteiger charge is -2.41. The summed E-state index contributed by atoms with van der Waals surface area (Å²) < 4.78 is 47.7. The van der Waals surface area contributed by atoms with Crippen LogP contribution in [0.5, 0.6) is 0 Å². The number of hydrogen-bond donors (Lipinski definition) is 7. The highest BCUT2D eigenvalue weighted by Crippen LogP contribution is 2.26. The van der Waals surface area contributed by atoms with E-state index in [4.69, 9.17) is 9.47 Å². The predicted molar refractivity (Wildman–Crippen MR) is 265 cm³/mol. The average Bonchev–Trinajstić information content (AvgIpc) is 3.29. The maximum atomic E-state index is 13.2. The average molecular weight is 962 g/mol. The van der Waals surface area contributed by atoms with Crippen LogP contribution >= 0.6 is 0 Å². The summed E-state index contributed by atoms with van der Waals surface area (Å²) in [7, 11) is -5.12. The molecule has 390 valence electrons. The van der Waals surface area contributed by atoms with Gasteiger partial charge < -0.3 is 40.3 Å². The molecule has 7 N–H and O–H groups in total. The summed E-state index contributed by atoms with van der Waals surface area (Å²) in [6.07, 6.45) is 38.2. The Kier molecular flexibility index (Phi) is 40.2. The molecule has 0 aromatic carbocycles. The molecule has 66 heavy (non-hydrogen) atoms. The molecule has 0 aromatic rings. The quantitative estimate of drug-likeness (QED) is 0.0173. The van der Waals surface area contributed by atoms with Gasteiger partial charge in [0.25, 0.3) is 0 Å². The second-order valence-corrected chi connectivity index (χ2v) is 20.0. The maximum absolute atomic E-state index is 13.2. The van der Waals surface area contributed by atoms with Crippen LogP contribution in [-0.2, 0) is 28.9 Å². The number of carbonyl (C=O) groups is 1. The molecule has 0 saturated carbocycles. The third kappa shape index (κ3) is 33.9. The number of allylic oxidation sites excluding steroid dienone is 3. The minimum Gasteiger partial charge on any atom is -0.394 e. The standard InChI is InChI=1S/C52H99NO12S/c1-3-5-7-9-11-13-15-17-19-21-22-23-25-27-29-31-33-35-37-39-41-46(56)51(59)53-44(43-63-52-49(58)50(65-66(60,61)62)48(57)47(42-54)64-52)45(55)40-38-36-34-32-30-28-26-24-20-18-16-14-12-10-8-6-4-2/h23,25,38,40,44-50,52,54-58H,3-22,24,26-37,39,41-43H2,1-2H3,(H,53,59)(H,60,61,62)/b25-23-,40-38+. The van der Waals surface area contributed by atoms with E-state index < -0.39 is 78.5 Å². The summed E-state index contributed by atoms with van der Waals surface area (Å²) in [6.45, 7) is 3.25. The molecule has 0 bridgehead atoms. The van der Waals surface area contributed by atoms with Crippen molar-refractivity contribution in [3.05, 3.63) is 24.3 Å². The zero-order chi connectivity index (χ0) is 48.5. The largest absolute Gasteiger partial charge is 0.397 e. The van der Waals surface area contributed by atoms with Crippen molar-refractivity contribution in [3.8, 4) is 0 Å². The lowest BCUT2D eigenvalue weighted by molar-refractivity contribution is -0.298. The number of aliphatic hydroxyl groups is 5. The molecule has 1 aliphatic heterocycles. The van der Waals surface area contributed by atoms with Crippen LogP contribution < -0.4 is 5.32 Å². The molecule has 0 radical (unpaired) electrons. The lowest BCUT2D eigenvalue weighted by Crippen LogP contribution is -2.61. The number of amides is 1. The molecule has 14 heteroatoms. The zero-order valence-electron chi connectivity index (χ0n) is 41.6. The Balaban J connectivity index is 2.49. The number of aliphatic hydroxyl groups excluding tert-OH is 5. The molecule has 0 spiro atoms. The predicted octanol–water partition coefficient (Wildman–Crippen LogP) is 10.6. The van der Waals surface area contributed by atoms with Gasteiger partial charge in [-0.2, -0.15) is 8.42 Å². The summed E-state index contributed by atoms with van der Waals surface area (Å²) in [5.41, 5.74) is 0. The van der Waals surface area contributed by atoms with E-state index in [1.807, 2.05) is 6.08 Å². The third-order valence-electron chi connectivity index (χ3n) is 12.8. The first-order valence-electron chi connectivity index (χ1n) is 26.8. The summed E-state index contributed by atoms with van der Waals surface area (Å²) in [4.78, 5) is 13.2. The van der Waals surface area contributed by atoms with Crippen LogP contribution in [0.4, 0.5) is 0 Å². The van der Waals surface area contributed by atoms with E-state index in [1.165, 1.54) is 148 Å². The monoisotopic (exact) mass is 962 g/mol. The SMILES string of the molecule is CCCCCCCCCCCC/C=C\CCCCCCCCC(O)C(=O)NC(COC1OC(CO)C(O)C(OS(=O)(=O)O)C1O)C(O)/C=C/CCCCCCCCCCCCCCCCC. The Morgan fingerprint density at radius 1 is 0.606 bits per heavy atom. The van der Waals surface area contributed by atoms with Crippen molar-refractivity contribution in [2.75, 3.05) is 13.2 Å². The molecular formula is C52H99NO12S. The van der Waals surface area contributed by atoms with Gasteiger partial charge in [0, 0.05) is 0 Å². The van der Waals surface area contributed by atoms with Crippen LogP contribution in [0.25, 0.3) is 0 Å². The number of carbonyl (C=O) groups excluding carboxylic acids is 1. The first-order valence-corrected chi connectivity index (χ1v) is 28.2. The molecule has 0 aromatic heterocycles. The van der Waals surface area contributed by atoms with Gasteiger partial charge >= 0.3 is 10.4 Å². The van der Waals surface area contributed by atoms with E-state index in [9.17, 15) is 43.3 Å². The zero-order valence-corrected chi connectivity index (χ0v) is 42.4. The van der Waals surface area contributed by atoms with E-state index in [2.05, 4.69) is 35.5 Å². The molecule has 0 aliphatic carbocycles. The van der Waals surface area contributed by atoms with Crippen molar-refractivity contribution in [2.45, 2.75) is 288 Å². The second-order valence-electron chi connectivity index (χ2n) is 19.0. The molecule has 1 amide bonds. The van der Waals surface area contributed by atoms with Crippen molar-refractivity contribution in [1.82, 2.24) is 5.32 Å². The van der Waals surface area contributed by atoms with Crippen LogP contribution in [0.1, 0.15) is 239 Å². The number of hydrogen-bond acceptors (Lipinski definition) is 11. The Morgan fingerprint density at radius 2 is 1.00 bits per heavy atom. The molecule has 1 saturated heterocycles. The molecular weight excluding hydrogens is 863 g/mol. The van der Waals surface area contributed by atoms with E-state index in [-0.39, 0.29) is 6.42 Å². The fraction of sp³-hybridized carbons (Fsp3) is 0.904. The van der Waals surface area contributed by atoms with Crippen molar-refractivity contribution >= 4 is 16.3 Å². The molecule has 8 atom stereocenters. The Morgan fingerprint density at radius 3 is 1.41 bits per heavy atom. The first kappa shape index (κ1) is 62.6. The lowest BCUT2D eigenvalue weighted by atomic mass is 9.99. The van der Waals surface area contributed by atoms with Crippen LogP contribution in [0, 0.1) is 0 Å². The Labute approximate surface area is 402 Å². The first-order chi connectivity index (χ1) is 31.9. The van der Waals surface area contributed by atoms with Crippen molar-refractivity contribution in [2.24, 2.45) is 0 Å². The highest BCUT2D eigenvalue weighted by molar-refractivity contribution is 7.80. The van der Waals surface area contributed by atoms with Gasteiger partial charge in [0.2, 0.25) is 5.91 Å². The highest BCUT2D eigenvalue weighted by atomic mass is 32.3. The molecule has 1 fully saturated rings. The maximum Gasteiger partial charge on any atom is 0.397 e. The van der Waals surface area contributed by atoms with Crippen molar-refractivity contribution in [1.29, 1.82) is 0 Å². The van der Waals surface area contributed by atoms with Gasteiger partial charge in [-0.1, -0.05) is 218 Å². The molecule has 1 rings (SSSR count). The van der Waals surface area contributed by atoms with Gasteiger partial charge in [-0.3, -0.25) is 9.35 Å². The van der Waals surface area contributed by atoms with Gasteiger partial charge in [-0.15, -0.1) is 0 Å². The van der Waals surface area contributed by atoms with Gasteiger partial charge in [-0.25, -0.2) is 4.18 Å². The number of nitrogens with one attached hydrogen (secondary N) is 1. The minimum atomic E-state index is -5.12. The summed E-state index contributed by atoms with van der Waals surface area (Å²) in [5, 5.41) is 55.4. The van der Waals surface area contributed by atoms with E-state index in [1.54, 1.807) is 6.08 Å². The normalized spacial score (nSPS) is 20.6. The molecule has 1 heterocycles. The van der Waals surface area contributed by atoms with Crippen LogP contribution in [0.15, 0.2) is 24.3 Å².